The van der Waals surface area contributed by atoms with Crippen LogP contribution in [0.25, 0.3) is 0 Å². The summed E-state index contributed by atoms with van der Waals surface area (Å²) < 4.78 is 0. The highest BCUT2D eigenvalue weighted by atomic mass is 35.5. The molecule has 86 valence electrons. The first-order valence-corrected chi connectivity index (χ1v) is 5.60. The zero-order valence-electron chi connectivity index (χ0n) is 8.87. The largest absolute Gasteiger partial charge is 0.506 e. The number of phenolic OH excluding ortho intramolecular Hbond substituents is 1. The van der Waals surface area contributed by atoms with Crippen LogP contribution in [0.15, 0.2) is 30.3 Å². The molecule has 0 unspecified atom stereocenters. The van der Waals surface area contributed by atoms with Gasteiger partial charge in [-0.1, -0.05) is 23.7 Å². The van der Waals surface area contributed by atoms with Gasteiger partial charge in [0.25, 0.3) is 0 Å². The Kier molecular flexibility index (Phi) is 2.30. The average molecular weight is 248 g/mol. The lowest BCUT2D eigenvalue weighted by atomic mass is 10.2. The molecular weight excluding hydrogens is 238 g/mol. The van der Waals surface area contributed by atoms with Gasteiger partial charge in [0.05, 0.1) is 5.69 Å². The molecule has 0 spiro atoms. The molecule has 0 atom stereocenters. The summed E-state index contributed by atoms with van der Waals surface area (Å²) in [5, 5.41) is 16.6. The second kappa shape index (κ2) is 3.82. The number of para-hydroxylation sites is 1. The van der Waals surface area contributed by atoms with Crippen LogP contribution in [0.2, 0.25) is 5.15 Å². The minimum absolute atomic E-state index is 0.217. The van der Waals surface area contributed by atoms with Crippen LogP contribution in [0.5, 0.6) is 5.75 Å². The zero-order valence-corrected chi connectivity index (χ0v) is 9.62. The van der Waals surface area contributed by atoms with E-state index >= 15 is 0 Å². The van der Waals surface area contributed by atoms with Crippen molar-refractivity contribution >= 4 is 28.8 Å². The van der Waals surface area contributed by atoms with Crippen molar-refractivity contribution in [1.29, 1.82) is 0 Å². The van der Waals surface area contributed by atoms with Gasteiger partial charge in [-0.25, -0.2) is 4.98 Å². The SMILES string of the molecule is Oc1cccc2c1NCc1ccc(Cl)nc1N2. The summed E-state index contributed by atoms with van der Waals surface area (Å²) in [7, 11) is 0. The maximum Gasteiger partial charge on any atom is 0.140 e. The number of nitrogens with zero attached hydrogens (tertiary/aromatic N) is 1. The number of fused-ring (bicyclic) bond motifs is 2. The minimum Gasteiger partial charge on any atom is -0.506 e. The van der Waals surface area contributed by atoms with Crippen LogP contribution in [0, 0.1) is 0 Å². The molecule has 0 bridgehead atoms. The summed E-state index contributed by atoms with van der Waals surface area (Å²) in [6, 6.07) is 8.95. The topological polar surface area (TPSA) is 57.2 Å². The number of hydrogen-bond donors (Lipinski definition) is 3. The predicted octanol–water partition coefficient (Wildman–Crippen LogP) is 3.11. The Hall–Kier alpha value is -1.94. The normalized spacial score (nSPS) is 12.8. The van der Waals surface area contributed by atoms with Crippen molar-refractivity contribution in [2.24, 2.45) is 0 Å². The Bertz CT molecular complexity index is 586. The highest BCUT2D eigenvalue weighted by molar-refractivity contribution is 6.29. The van der Waals surface area contributed by atoms with E-state index in [0.717, 1.165) is 11.3 Å². The smallest absolute Gasteiger partial charge is 0.140 e. The molecule has 3 rings (SSSR count). The molecule has 0 saturated heterocycles. The van der Waals surface area contributed by atoms with E-state index in [1.54, 1.807) is 18.2 Å². The van der Waals surface area contributed by atoms with E-state index in [1.165, 1.54) is 0 Å². The molecule has 1 aliphatic heterocycles. The number of anilines is 3. The van der Waals surface area contributed by atoms with Gasteiger partial charge in [-0.3, -0.25) is 0 Å². The van der Waals surface area contributed by atoms with Crippen molar-refractivity contribution in [2.45, 2.75) is 6.54 Å². The maximum atomic E-state index is 9.77. The summed E-state index contributed by atoms with van der Waals surface area (Å²) in [6.45, 7) is 0.594. The van der Waals surface area contributed by atoms with Crippen LogP contribution in [0.4, 0.5) is 17.2 Å². The number of benzene rings is 1. The fraction of sp³-hybridized carbons (Fsp3) is 0.0833. The molecule has 1 aromatic carbocycles. The third-order valence-electron chi connectivity index (χ3n) is 2.70. The average Bonchev–Trinajstić information content (AvgIpc) is 2.48. The van der Waals surface area contributed by atoms with E-state index in [0.29, 0.717) is 23.2 Å². The first-order chi connectivity index (χ1) is 8.24. The third kappa shape index (κ3) is 1.76. The van der Waals surface area contributed by atoms with E-state index in [4.69, 9.17) is 11.6 Å². The lowest BCUT2D eigenvalue weighted by Gasteiger charge is -2.09. The van der Waals surface area contributed by atoms with Crippen molar-refractivity contribution in [2.75, 3.05) is 10.6 Å². The Morgan fingerprint density at radius 1 is 1.24 bits per heavy atom. The van der Waals surface area contributed by atoms with E-state index < -0.39 is 0 Å². The van der Waals surface area contributed by atoms with Crippen LogP contribution in [0.1, 0.15) is 5.56 Å². The number of pyridine rings is 1. The molecule has 4 nitrogen and oxygen atoms in total. The summed E-state index contributed by atoms with van der Waals surface area (Å²) >= 11 is 5.87. The molecular formula is C12H10ClN3O. The molecule has 3 N–H and O–H groups in total. The summed E-state index contributed by atoms with van der Waals surface area (Å²) in [5.74, 6) is 0.934. The number of aromatic hydroxyl groups is 1. The second-order valence-corrected chi connectivity index (χ2v) is 4.21. The highest BCUT2D eigenvalue weighted by Gasteiger charge is 2.15. The molecule has 17 heavy (non-hydrogen) atoms. The fourth-order valence-corrected chi connectivity index (χ4v) is 2.00. The van der Waals surface area contributed by atoms with Gasteiger partial charge in [-0.15, -0.1) is 0 Å². The Morgan fingerprint density at radius 3 is 3.00 bits per heavy atom. The summed E-state index contributed by atoms with van der Waals surface area (Å²) in [5.41, 5.74) is 2.48. The monoisotopic (exact) mass is 247 g/mol. The lowest BCUT2D eigenvalue weighted by molar-refractivity contribution is 0.477. The van der Waals surface area contributed by atoms with E-state index in [9.17, 15) is 5.11 Å². The summed E-state index contributed by atoms with van der Waals surface area (Å²) in [6.07, 6.45) is 0. The molecule has 2 heterocycles. The van der Waals surface area contributed by atoms with Crippen molar-refractivity contribution in [1.82, 2.24) is 4.98 Å². The molecule has 0 amide bonds. The van der Waals surface area contributed by atoms with E-state index in [1.807, 2.05) is 12.1 Å². The molecule has 1 aromatic heterocycles. The van der Waals surface area contributed by atoms with Gasteiger partial charge in [-0.2, -0.15) is 0 Å². The van der Waals surface area contributed by atoms with Gasteiger partial charge in [0.2, 0.25) is 0 Å². The molecule has 2 aromatic rings. The number of phenols is 1. The number of rotatable bonds is 0. The molecule has 0 fully saturated rings. The molecule has 5 heteroatoms. The lowest BCUT2D eigenvalue weighted by Crippen LogP contribution is -1.98. The Balaban J connectivity index is 2.12. The molecule has 1 aliphatic rings. The first kappa shape index (κ1) is 10.2. The van der Waals surface area contributed by atoms with Crippen molar-refractivity contribution < 1.29 is 5.11 Å². The second-order valence-electron chi connectivity index (χ2n) is 3.82. The quantitative estimate of drug-likeness (QED) is 0.495. The van der Waals surface area contributed by atoms with Crippen molar-refractivity contribution in [3.63, 3.8) is 0 Å². The van der Waals surface area contributed by atoms with Crippen LogP contribution >= 0.6 is 11.6 Å². The molecule has 0 aliphatic carbocycles. The number of halogens is 1. The third-order valence-corrected chi connectivity index (χ3v) is 2.91. The highest BCUT2D eigenvalue weighted by Crippen LogP contribution is 2.37. The van der Waals surface area contributed by atoms with Gasteiger partial charge in [-0.05, 0) is 18.2 Å². The molecule has 0 radical (unpaired) electrons. The van der Waals surface area contributed by atoms with Gasteiger partial charge in [0.15, 0.2) is 0 Å². The maximum absolute atomic E-state index is 9.77. The Labute approximate surface area is 103 Å². The van der Waals surface area contributed by atoms with E-state index in [-0.39, 0.29) is 5.75 Å². The van der Waals surface area contributed by atoms with Crippen LogP contribution in [-0.4, -0.2) is 10.1 Å². The van der Waals surface area contributed by atoms with Crippen molar-refractivity contribution in [3.8, 4) is 5.75 Å². The van der Waals surface area contributed by atoms with Gasteiger partial charge >= 0.3 is 0 Å². The minimum atomic E-state index is 0.217. The summed E-state index contributed by atoms with van der Waals surface area (Å²) in [4.78, 5) is 4.23. The number of hydrogen-bond acceptors (Lipinski definition) is 4. The number of nitrogens with one attached hydrogen (secondary N) is 2. The van der Waals surface area contributed by atoms with E-state index in [2.05, 4.69) is 15.6 Å². The fourth-order valence-electron chi connectivity index (χ4n) is 1.86. The van der Waals surface area contributed by atoms with Gasteiger partial charge < -0.3 is 15.7 Å². The standard InChI is InChI=1S/C12H10ClN3O/c13-10-5-4-7-6-14-11-8(15-12(7)16-10)2-1-3-9(11)17/h1-5,14,17H,6H2,(H,15,16). The van der Waals surface area contributed by atoms with Crippen molar-refractivity contribution in [3.05, 3.63) is 41.0 Å². The van der Waals surface area contributed by atoms with Crippen LogP contribution in [0.3, 0.4) is 0 Å². The zero-order chi connectivity index (χ0) is 11.8. The van der Waals surface area contributed by atoms with Crippen LogP contribution < -0.4 is 10.6 Å². The predicted molar refractivity (Wildman–Crippen MR) is 68.0 cm³/mol. The van der Waals surface area contributed by atoms with Gasteiger partial charge in [0.1, 0.15) is 22.4 Å². The number of aromatic nitrogens is 1. The Morgan fingerprint density at radius 2 is 2.12 bits per heavy atom. The first-order valence-electron chi connectivity index (χ1n) is 5.22. The van der Waals surface area contributed by atoms with Crippen LogP contribution in [-0.2, 0) is 6.54 Å². The molecule has 0 saturated carbocycles. The van der Waals surface area contributed by atoms with Gasteiger partial charge in [0, 0.05) is 12.1 Å².